The molecule has 0 aromatic carbocycles. The zero-order valence-corrected chi connectivity index (χ0v) is 16.4. The minimum absolute atomic E-state index is 0.166. The number of ether oxygens (including phenoxy) is 3. The fraction of sp³-hybridized carbons (Fsp3) is 0.786. The number of esters is 1. The van der Waals surface area contributed by atoms with E-state index in [1.807, 2.05) is 0 Å². The van der Waals surface area contributed by atoms with Crippen LogP contribution >= 0.6 is 0 Å². The van der Waals surface area contributed by atoms with E-state index >= 15 is 0 Å². The number of halogens is 8. The largest absolute Gasteiger partial charge is 0.459 e. The van der Waals surface area contributed by atoms with Crippen LogP contribution in [0.15, 0.2) is 12.2 Å². The molecule has 0 aromatic rings. The summed E-state index contributed by atoms with van der Waals surface area (Å²) in [5.41, 5.74) is -3.52. The number of alkyl halides is 8. The summed E-state index contributed by atoms with van der Waals surface area (Å²) < 4.78 is 146. The van der Waals surface area contributed by atoms with Gasteiger partial charge in [-0.2, -0.15) is 43.5 Å². The maximum absolute atomic E-state index is 13.3. The summed E-state index contributed by atoms with van der Waals surface area (Å²) in [5, 5.41) is -5.94. The second-order valence-electron chi connectivity index (χ2n) is 6.32. The molecule has 16 heteroatoms. The first-order chi connectivity index (χ1) is 13.1. The quantitative estimate of drug-likeness (QED) is 0.167. The Balaban J connectivity index is 5.51. The molecular formula is C14H18F8O7S. The first-order valence-corrected chi connectivity index (χ1v) is 9.10. The number of carbonyl (C=O) groups is 1. The van der Waals surface area contributed by atoms with Crippen molar-refractivity contribution < 1.29 is 67.1 Å². The summed E-state index contributed by atoms with van der Waals surface area (Å²) in [6, 6.07) is 0. The fourth-order valence-electron chi connectivity index (χ4n) is 1.88. The van der Waals surface area contributed by atoms with Crippen LogP contribution in [0.4, 0.5) is 35.1 Å². The maximum atomic E-state index is 13.3. The van der Waals surface area contributed by atoms with Crippen LogP contribution in [-0.2, 0) is 29.1 Å². The Morgan fingerprint density at radius 3 is 1.90 bits per heavy atom. The Morgan fingerprint density at radius 2 is 1.57 bits per heavy atom. The van der Waals surface area contributed by atoms with Gasteiger partial charge in [0.1, 0.15) is 12.9 Å². The van der Waals surface area contributed by atoms with E-state index in [-0.39, 0.29) is 5.57 Å². The third-order valence-corrected chi connectivity index (χ3v) is 4.39. The van der Waals surface area contributed by atoms with E-state index in [1.165, 1.54) is 6.92 Å². The van der Waals surface area contributed by atoms with Gasteiger partial charge in [-0.15, -0.1) is 0 Å². The summed E-state index contributed by atoms with van der Waals surface area (Å²) in [6.07, 6.45) is -18.7. The van der Waals surface area contributed by atoms with Gasteiger partial charge < -0.3 is 14.2 Å². The molecule has 0 aliphatic heterocycles. The van der Waals surface area contributed by atoms with Crippen molar-refractivity contribution in [3.63, 3.8) is 0 Å². The SMILES string of the molecule is C=C(C)C(=O)OC(C)CC(C)(OCOC(C(F)(F)F)C(F)(F)S(=O)(=O)O)C(F)(F)F. The van der Waals surface area contributed by atoms with Gasteiger partial charge in [-0.05, 0) is 20.8 Å². The van der Waals surface area contributed by atoms with Crippen LogP contribution in [0.2, 0.25) is 0 Å². The Bertz CT molecular complexity index is 732. The molecule has 0 fully saturated rings. The van der Waals surface area contributed by atoms with E-state index in [4.69, 9.17) is 4.55 Å². The lowest BCUT2D eigenvalue weighted by Crippen LogP contribution is -2.53. The summed E-state index contributed by atoms with van der Waals surface area (Å²) in [6.45, 7) is 3.57. The van der Waals surface area contributed by atoms with Gasteiger partial charge in [-0.25, -0.2) is 4.79 Å². The van der Waals surface area contributed by atoms with Gasteiger partial charge >= 0.3 is 33.7 Å². The molecular weight excluding hydrogens is 464 g/mol. The molecule has 178 valence electrons. The van der Waals surface area contributed by atoms with Crippen molar-refractivity contribution in [3.05, 3.63) is 12.2 Å². The molecule has 30 heavy (non-hydrogen) atoms. The number of rotatable bonds is 10. The third-order valence-electron chi connectivity index (χ3n) is 3.49. The van der Waals surface area contributed by atoms with Crippen LogP contribution < -0.4 is 0 Å². The van der Waals surface area contributed by atoms with Crippen molar-refractivity contribution >= 4 is 16.1 Å². The van der Waals surface area contributed by atoms with E-state index < -0.39 is 64.7 Å². The molecule has 0 aliphatic carbocycles. The van der Waals surface area contributed by atoms with Gasteiger partial charge in [0.15, 0.2) is 5.60 Å². The Hall–Kier alpha value is -1.52. The lowest BCUT2D eigenvalue weighted by Gasteiger charge is -2.35. The molecule has 3 unspecified atom stereocenters. The summed E-state index contributed by atoms with van der Waals surface area (Å²) in [5.74, 6) is -1.08. The molecule has 0 saturated heterocycles. The third kappa shape index (κ3) is 7.31. The lowest BCUT2D eigenvalue weighted by atomic mass is 9.98. The van der Waals surface area contributed by atoms with E-state index in [1.54, 1.807) is 0 Å². The lowest BCUT2D eigenvalue weighted by molar-refractivity contribution is -0.329. The first kappa shape index (κ1) is 28.5. The van der Waals surface area contributed by atoms with E-state index in [2.05, 4.69) is 20.8 Å². The summed E-state index contributed by atoms with van der Waals surface area (Å²) >= 11 is 0. The van der Waals surface area contributed by atoms with Crippen molar-refractivity contribution in [2.75, 3.05) is 6.79 Å². The van der Waals surface area contributed by atoms with Crippen molar-refractivity contribution in [2.24, 2.45) is 0 Å². The molecule has 0 aliphatic rings. The minimum Gasteiger partial charge on any atom is -0.459 e. The summed E-state index contributed by atoms with van der Waals surface area (Å²) in [4.78, 5) is 11.3. The zero-order valence-electron chi connectivity index (χ0n) is 15.6. The van der Waals surface area contributed by atoms with Crippen LogP contribution in [0.1, 0.15) is 27.2 Å². The maximum Gasteiger partial charge on any atom is 0.421 e. The smallest absolute Gasteiger partial charge is 0.421 e. The van der Waals surface area contributed by atoms with Crippen LogP contribution in [-0.4, -0.2) is 61.1 Å². The fourth-order valence-corrected chi connectivity index (χ4v) is 2.35. The standard InChI is InChI=1S/C14H18F8O7S/c1-7(2)9(23)29-8(3)5-11(4,14(20,21)22)28-6-27-10(12(15,16)17)13(18,19)30(24,25)26/h8,10H,1,5-6H2,2-4H3,(H,24,25,26). The van der Waals surface area contributed by atoms with Gasteiger partial charge in [0, 0.05) is 12.0 Å². The molecule has 0 spiro atoms. The van der Waals surface area contributed by atoms with Crippen molar-refractivity contribution in [1.82, 2.24) is 0 Å². The molecule has 0 bridgehead atoms. The molecule has 7 nitrogen and oxygen atoms in total. The highest BCUT2D eigenvalue weighted by Crippen LogP contribution is 2.40. The molecule has 0 saturated carbocycles. The molecule has 3 atom stereocenters. The molecule has 0 rings (SSSR count). The van der Waals surface area contributed by atoms with Crippen LogP contribution in [0.25, 0.3) is 0 Å². The number of carbonyl (C=O) groups excluding carboxylic acids is 1. The molecule has 0 aromatic heterocycles. The van der Waals surface area contributed by atoms with Crippen molar-refractivity contribution in [2.45, 2.75) is 62.6 Å². The Morgan fingerprint density at radius 1 is 1.10 bits per heavy atom. The second kappa shape index (κ2) is 9.32. The average Bonchev–Trinajstić information content (AvgIpc) is 2.47. The molecule has 0 radical (unpaired) electrons. The van der Waals surface area contributed by atoms with Crippen LogP contribution in [0.5, 0.6) is 0 Å². The average molecular weight is 482 g/mol. The Kier molecular flexibility index (Phi) is 8.84. The van der Waals surface area contributed by atoms with Crippen molar-refractivity contribution in [3.8, 4) is 0 Å². The Labute approximate surface area is 165 Å². The van der Waals surface area contributed by atoms with Gasteiger partial charge in [0.2, 0.25) is 6.10 Å². The van der Waals surface area contributed by atoms with Gasteiger partial charge in [-0.1, -0.05) is 6.58 Å². The van der Waals surface area contributed by atoms with Gasteiger partial charge in [0.05, 0.1) is 0 Å². The van der Waals surface area contributed by atoms with E-state index in [0.717, 1.165) is 6.92 Å². The van der Waals surface area contributed by atoms with E-state index in [0.29, 0.717) is 6.92 Å². The predicted molar refractivity (Wildman–Crippen MR) is 82.8 cm³/mol. The van der Waals surface area contributed by atoms with Gasteiger partial charge in [0.25, 0.3) is 0 Å². The minimum atomic E-state index is -6.64. The zero-order chi connectivity index (χ0) is 24.3. The highest BCUT2D eigenvalue weighted by Gasteiger charge is 2.65. The van der Waals surface area contributed by atoms with Crippen LogP contribution in [0, 0.1) is 0 Å². The summed E-state index contributed by atoms with van der Waals surface area (Å²) in [7, 11) is -6.64. The molecule has 1 N–H and O–H groups in total. The van der Waals surface area contributed by atoms with Crippen molar-refractivity contribution in [1.29, 1.82) is 0 Å². The normalized spacial score (nSPS) is 17.7. The topological polar surface area (TPSA) is 99.1 Å². The predicted octanol–water partition coefficient (Wildman–Crippen LogP) is 3.61. The number of hydrogen-bond donors (Lipinski definition) is 1. The molecule has 0 amide bonds. The highest BCUT2D eigenvalue weighted by molar-refractivity contribution is 7.86. The molecule has 0 heterocycles. The van der Waals surface area contributed by atoms with E-state index in [9.17, 15) is 48.3 Å². The first-order valence-electron chi connectivity index (χ1n) is 7.66. The number of hydrogen-bond acceptors (Lipinski definition) is 6. The van der Waals surface area contributed by atoms with Gasteiger partial charge in [-0.3, -0.25) is 4.55 Å². The van der Waals surface area contributed by atoms with Crippen LogP contribution in [0.3, 0.4) is 0 Å². The second-order valence-corrected chi connectivity index (χ2v) is 7.81. The highest BCUT2D eigenvalue weighted by atomic mass is 32.2. The monoisotopic (exact) mass is 482 g/mol.